The van der Waals surface area contributed by atoms with Gasteiger partial charge in [0.05, 0.1) is 17.7 Å². The zero-order valence-corrected chi connectivity index (χ0v) is 14.4. The van der Waals surface area contributed by atoms with Gasteiger partial charge in [0.25, 0.3) is 5.56 Å². The van der Waals surface area contributed by atoms with Gasteiger partial charge in [-0.15, -0.1) is 0 Å². The minimum absolute atomic E-state index is 0.0939. The van der Waals surface area contributed by atoms with Crippen LogP contribution in [0.2, 0.25) is 5.02 Å². The second-order valence-corrected chi connectivity index (χ2v) is 6.83. The van der Waals surface area contributed by atoms with Crippen LogP contribution in [0.4, 0.5) is 0 Å². The third kappa shape index (κ3) is 3.37. The van der Waals surface area contributed by atoms with E-state index in [0.717, 1.165) is 36.9 Å². The van der Waals surface area contributed by atoms with E-state index in [1.807, 2.05) is 12.1 Å². The summed E-state index contributed by atoms with van der Waals surface area (Å²) in [6.45, 7) is 2.15. The smallest absolute Gasteiger partial charge is 0.254 e. The zero-order valence-electron chi connectivity index (χ0n) is 13.7. The summed E-state index contributed by atoms with van der Waals surface area (Å²) in [5.41, 5.74) is 2.29. The van der Waals surface area contributed by atoms with Crippen LogP contribution in [-0.4, -0.2) is 9.97 Å². The Balaban J connectivity index is 2.05. The van der Waals surface area contributed by atoms with Crippen molar-refractivity contribution in [2.75, 3.05) is 0 Å². The topological polar surface area (TPSA) is 69.5 Å². The Kier molecular flexibility index (Phi) is 5.01. The molecule has 1 N–H and O–H groups in total. The number of rotatable bonds is 4. The summed E-state index contributed by atoms with van der Waals surface area (Å²) in [6.07, 6.45) is 4.43. The standard InChI is InChI=1S/C19H20ClN3O/c1-2-3-4-14-9-12(11-21)10-16-17(14)22-18(23-19(16)24)13-5-7-15(20)8-6-13/h5-8,12,14H,2-4,9-10H2,1H3,(H,22,23,24). The molecule has 1 aliphatic carbocycles. The van der Waals surface area contributed by atoms with Gasteiger partial charge in [-0.2, -0.15) is 5.26 Å². The van der Waals surface area contributed by atoms with E-state index in [0.29, 0.717) is 22.8 Å². The highest BCUT2D eigenvalue weighted by Gasteiger charge is 2.30. The number of aromatic nitrogens is 2. The van der Waals surface area contributed by atoms with Crippen molar-refractivity contribution in [3.8, 4) is 17.5 Å². The van der Waals surface area contributed by atoms with Crippen molar-refractivity contribution < 1.29 is 0 Å². The molecule has 5 heteroatoms. The fraction of sp³-hybridized carbons (Fsp3) is 0.421. The molecule has 124 valence electrons. The molecule has 1 aromatic carbocycles. The molecule has 0 saturated heterocycles. The Morgan fingerprint density at radius 3 is 2.79 bits per heavy atom. The fourth-order valence-corrected chi connectivity index (χ4v) is 3.51. The van der Waals surface area contributed by atoms with E-state index < -0.39 is 0 Å². The number of nitrogens with zero attached hydrogens (tertiary/aromatic N) is 2. The number of aromatic amines is 1. The van der Waals surface area contributed by atoms with Crippen molar-refractivity contribution in [3.63, 3.8) is 0 Å². The van der Waals surface area contributed by atoms with Gasteiger partial charge in [0.15, 0.2) is 0 Å². The lowest BCUT2D eigenvalue weighted by Gasteiger charge is -2.27. The number of nitrogens with one attached hydrogen (secondary N) is 1. The van der Waals surface area contributed by atoms with E-state index in [2.05, 4.69) is 18.0 Å². The second kappa shape index (κ2) is 7.19. The minimum atomic E-state index is -0.119. The average Bonchev–Trinajstić information content (AvgIpc) is 2.60. The number of H-pyrrole nitrogens is 1. The van der Waals surface area contributed by atoms with Crippen molar-refractivity contribution in [2.24, 2.45) is 5.92 Å². The fourth-order valence-electron chi connectivity index (χ4n) is 3.38. The van der Waals surface area contributed by atoms with Gasteiger partial charge in [-0.1, -0.05) is 31.4 Å². The van der Waals surface area contributed by atoms with Gasteiger partial charge in [-0.3, -0.25) is 4.79 Å². The number of nitriles is 1. The van der Waals surface area contributed by atoms with Crippen LogP contribution in [0.3, 0.4) is 0 Å². The molecule has 2 unspecified atom stereocenters. The molecular formula is C19H20ClN3O. The van der Waals surface area contributed by atoms with Crippen LogP contribution >= 0.6 is 11.6 Å². The Hall–Kier alpha value is -2.12. The Morgan fingerprint density at radius 2 is 2.12 bits per heavy atom. The lowest BCUT2D eigenvalue weighted by molar-refractivity contribution is 0.431. The van der Waals surface area contributed by atoms with Crippen LogP contribution in [0.1, 0.15) is 49.8 Å². The lowest BCUT2D eigenvalue weighted by atomic mass is 9.78. The largest absolute Gasteiger partial charge is 0.306 e. The Labute approximate surface area is 146 Å². The van der Waals surface area contributed by atoms with Crippen molar-refractivity contribution in [2.45, 2.75) is 44.9 Å². The summed E-state index contributed by atoms with van der Waals surface area (Å²) in [5.74, 6) is 0.669. The van der Waals surface area contributed by atoms with Gasteiger partial charge >= 0.3 is 0 Å². The van der Waals surface area contributed by atoms with E-state index in [-0.39, 0.29) is 17.4 Å². The molecule has 3 rings (SSSR count). The molecule has 0 fully saturated rings. The molecule has 2 atom stereocenters. The first-order chi connectivity index (χ1) is 11.6. The van der Waals surface area contributed by atoms with Gasteiger partial charge < -0.3 is 4.98 Å². The van der Waals surface area contributed by atoms with Gasteiger partial charge in [-0.05, 0) is 43.5 Å². The molecule has 0 spiro atoms. The van der Waals surface area contributed by atoms with Crippen molar-refractivity contribution in [3.05, 3.63) is 50.9 Å². The molecule has 24 heavy (non-hydrogen) atoms. The van der Waals surface area contributed by atoms with Crippen LogP contribution in [0.15, 0.2) is 29.1 Å². The maximum atomic E-state index is 12.6. The monoisotopic (exact) mass is 341 g/mol. The second-order valence-electron chi connectivity index (χ2n) is 6.39. The first kappa shape index (κ1) is 16.7. The van der Waals surface area contributed by atoms with E-state index >= 15 is 0 Å². The number of hydrogen-bond acceptors (Lipinski definition) is 3. The maximum absolute atomic E-state index is 12.6. The summed E-state index contributed by atoms with van der Waals surface area (Å²) in [4.78, 5) is 20.2. The third-order valence-corrected chi connectivity index (χ3v) is 4.91. The maximum Gasteiger partial charge on any atom is 0.254 e. The summed E-state index contributed by atoms with van der Waals surface area (Å²) in [6, 6.07) is 9.62. The predicted molar refractivity (Wildman–Crippen MR) is 95.0 cm³/mol. The zero-order chi connectivity index (χ0) is 17.1. The van der Waals surface area contributed by atoms with Crippen molar-refractivity contribution >= 4 is 11.6 Å². The Morgan fingerprint density at radius 1 is 1.38 bits per heavy atom. The van der Waals surface area contributed by atoms with Gasteiger partial charge in [-0.25, -0.2) is 4.98 Å². The molecular weight excluding hydrogens is 322 g/mol. The van der Waals surface area contributed by atoms with Crippen LogP contribution in [0.5, 0.6) is 0 Å². The third-order valence-electron chi connectivity index (χ3n) is 4.66. The first-order valence-electron chi connectivity index (χ1n) is 8.41. The SMILES string of the molecule is CCCCC1CC(C#N)Cc2c1nc(-c1ccc(Cl)cc1)[nH]c2=O. The molecule has 2 aromatic rings. The van der Waals surface area contributed by atoms with Gasteiger partial charge in [0.1, 0.15) is 5.82 Å². The first-order valence-corrected chi connectivity index (χ1v) is 8.78. The highest BCUT2D eigenvalue weighted by atomic mass is 35.5. The highest BCUT2D eigenvalue weighted by molar-refractivity contribution is 6.30. The number of hydrogen-bond donors (Lipinski definition) is 1. The number of halogens is 1. The molecule has 1 heterocycles. The predicted octanol–water partition coefficient (Wildman–Crippen LogP) is 4.45. The molecule has 0 amide bonds. The molecule has 0 aliphatic heterocycles. The van der Waals surface area contributed by atoms with Gasteiger partial charge in [0.2, 0.25) is 0 Å². The van der Waals surface area contributed by atoms with Crippen LogP contribution in [0.25, 0.3) is 11.4 Å². The van der Waals surface area contributed by atoms with E-state index in [1.54, 1.807) is 12.1 Å². The Bertz CT molecular complexity index is 820. The number of unbranched alkanes of at least 4 members (excludes halogenated alkanes) is 1. The number of fused-ring (bicyclic) bond motifs is 1. The molecule has 0 saturated carbocycles. The van der Waals surface area contributed by atoms with Crippen LogP contribution in [0, 0.1) is 17.2 Å². The molecule has 1 aromatic heterocycles. The summed E-state index contributed by atoms with van der Waals surface area (Å²) in [7, 11) is 0. The quantitative estimate of drug-likeness (QED) is 0.893. The van der Waals surface area contributed by atoms with Crippen LogP contribution < -0.4 is 5.56 Å². The van der Waals surface area contributed by atoms with Crippen LogP contribution in [-0.2, 0) is 6.42 Å². The van der Waals surface area contributed by atoms with Crippen molar-refractivity contribution in [1.29, 1.82) is 5.26 Å². The number of benzene rings is 1. The molecule has 0 radical (unpaired) electrons. The lowest BCUT2D eigenvalue weighted by Crippen LogP contribution is -2.28. The van der Waals surface area contributed by atoms with Crippen molar-refractivity contribution in [1.82, 2.24) is 9.97 Å². The van der Waals surface area contributed by atoms with E-state index in [9.17, 15) is 10.1 Å². The molecule has 4 nitrogen and oxygen atoms in total. The summed E-state index contributed by atoms with van der Waals surface area (Å²) in [5, 5.41) is 9.96. The highest BCUT2D eigenvalue weighted by Crippen LogP contribution is 2.36. The van der Waals surface area contributed by atoms with E-state index in [4.69, 9.17) is 16.6 Å². The molecule has 0 bridgehead atoms. The summed E-state index contributed by atoms with van der Waals surface area (Å²) >= 11 is 5.94. The molecule has 1 aliphatic rings. The average molecular weight is 342 g/mol. The van der Waals surface area contributed by atoms with Gasteiger partial charge in [0, 0.05) is 22.1 Å². The van der Waals surface area contributed by atoms with E-state index in [1.165, 1.54) is 0 Å². The minimum Gasteiger partial charge on any atom is -0.306 e. The normalized spacial score (nSPS) is 19.5. The summed E-state index contributed by atoms with van der Waals surface area (Å²) < 4.78 is 0.